The van der Waals surface area contributed by atoms with Gasteiger partial charge in [0.2, 0.25) is 0 Å². The zero-order valence-corrected chi connectivity index (χ0v) is 13.5. The first-order valence-electron chi connectivity index (χ1n) is 7.60. The van der Waals surface area contributed by atoms with Crippen molar-refractivity contribution in [3.63, 3.8) is 0 Å². The van der Waals surface area contributed by atoms with Crippen molar-refractivity contribution in [3.8, 4) is 0 Å². The van der Waals surface area contributed by atoms with Gasteiger partial charge < -0.3 is 10.6 Å². The molecule has 0 fully saturated rings. The molecule has 0 saturated heterocycles. The number of anilines is 1. The minimum absolute atomic E-state index is 0.105. The molecule has 1 atom stereocenters. The van der Waals surface area contributed by atoms with E-state index < -0.39 is 35.8 Å². The molecule has 4 amide bonds. The largest absolute Gasteiger partial charge is 0.416 e. The fourth-order valence-electron chi connectivity index (χ4n) is 2.43. The first-order valence-corrected chi connectivity index (χ1v) is 7.60. The number of aromatic nitrogens is 2. The number of amides is 4. The van der Waals surface area contributed by atoms with E-state index in [1.807, 2.05) is 5.43 Å². The number of benzene rings is 1. The summed E-state index contributed by atoms with van der Waals surface area (Å²) in [6.45, 7) is 0. The average Bonchev–Trinajstić information content (AvgIpc) is 3.08. The second-order valence-corrected chi connectivity index (χ2v) is 5.61. The van der Waals surface area contributed by atoms with Crippen molar-refractivity contribution in [1.29, 1.82) is 0 Å². The highest BCUT2D eigenvalue weighted by atomic mass is 19.4. The molecule has 9 nitrogen and oxygen atoms in total. The summed E-state index contributed by atoms with van der Waals surface area (Å²) < 4.78 is 39.2. The number of urea groups is 1. The van der Waals surface area contributed by atoms with E-state index in [4.69, 9.17) is 0 Å². The molecule has 4 N–H and O–H groups in total. The Kier molecular flexibility index (Phi) is 4.71. The summed E-state index contributed by atoms with van der Waals surface area (Å²) in [5.74, 6) is -0.699. The van der Waals surface area contributed by atoms with Gasteiger partial charge in [-0.15, -0.1) is 0 Å². The maximum Gasteiger partial charge on any atom is 0.416 e. The van der Waals surface area contributed by atoms with E-state index in [1.54, 1.807) is 0 Å². The van der Waals surface area contributed by atoms with Crippen LogP contribution in [-0.4, -0.2) is 33.6 Å². The number of fused-ring (bicyclic) bond motifs is 1. The number of hydrazine groups is 1. The van der Waals surface area contributed by atoms with Gasteiger partial charge in [-0.3, -0.25) is 14.8 Å². The maximum atomic E-state index is 12.7. The van der Waals surface area contributed by atoms with E-state index in [1.165, 1.54) is 23.2 Å². The topological polar surface area (TPSA) is 117 Å². The van der Waals surface area contributed by atoms with Crippen molar-refractivity contribution in [2.45, 2.75) is 18.6 Å². The number of imidazole rings is 1. The number of nitrogens with one attached hydrogen (secondary N) is 4. The van der Waals surface area contributed by atoms with Crippen LogP contribution in [0.15, 0.2) is 36.8 Å². The number of hydrogen-bond donors (Lipinski definition) is 4. The van der Waals surface area contributed by atoms with Crippen molar-refractivity contribution in [1.82, 2.24) is 25.7 Å². The molecule has 0 saturated carbocycles. The molecule has 1 aliphatic rings. The van der Waals surface area contributed by atoms with Gasteiger partial charge in [0, 0.05) is 24.0 Å². The number of carbonyl (C=O) groups is 3. The molecule has 142 valence electrons. The van der Waals surface area contributed by atoms with Gasteiger partial charge >= 0.3 is 18.2 Å². The molecule has 27 heavy (non-hydrogen) atoms. The van der Waals surface area contributed by atoms with Crippen molar-refractivity contribution in [3.05, 3.63) is 48.0 Å². The molecule has 3 rings (SSSR count). The highest BCUT2D eigenvalue weighted by Gasteiger charge is 2.31. The summed E-state index contributed by atoms with van der Waals surface area (Å²) in [6.07, 6.45) is -1.64. The lowest BCUT2D eigenvalue weighted by molar-refractivity contribution is -0.137. The average molecular weight is 382 g/mol. The first kappa shape index (κ1) is 18.2. The molecule has 0 radical (unpaired) electrons. The van der Waals surface area contributed by atoms with Crippen LogP contribution < -0.4 is 21.5 Å². The molecular weight excluding hydrogens is 369 g/mol. The Hall–Kier alpha value is -3.57. The summed E-state index contributed by atoms with van der Waals surface area (Å²) >= 11 is 0. The van der Waals surface area contributed by atoms with Crippen LogP contribution in [0.3, 0.4) is 0 Å². The molecule has 0 unspecified atom stereocenters. The predicted molar refractivity (Wildman–Crippen MR) is 85.4 cm³/mol. The molecule has 0 aliphatic carbocycles. The van der Waals surface area contributed by atoms with Gasteiger partial charge in [0.05, 0.1) is 5.56 Å². The number of alkyl halides is 3. The zero-order chi connectivity index (χ0) is 19.6. The van der Waals surface area contributed by atoms with E-state index >= 15 is 0 Å². The maximum absolute atomic E-state index is 12.7. The molecule has 2 aromatic rings. The van der Waals surface area contributed by atoms with E-state index in [0.717, 1.165) is 18.2 Å². The molecule has 0 spiro atoms. The normalized spacial score (nSPS) is 16.1. The lowest BCUT2D eigenvalue weighted by Gasteiger charge is -2.23. The third-order valence-electron chi connectivity index (χ3n) is 3.71. The van der Waals surface area contributed by atoms with E-state index in [-0.39, 0.29) is 12.1 Å². The van der Waals surface area contributed by atoms with Crippen LogP contribution in [0, 0.1) is 0 Å². The smallest absolute Gasteiger partial charge is 0.325 e. The molecule has 1 aromatic heterocycles. The number of rotatable bonds is 2. The van der Waals surface area contributed by atoms with Crippen LogP contribution in [0.4, 0.5) is 28.4 Å². The Bertz CT molecular complexity index is 895. The van der Waals surface area contributed by atoms with Crippen LogP contribution in [0.1, 0.15) is 11.3 Å². The SMILES string of the molecule is O=C(NNC(=O)[C@@H]1Cc2cncn2C(=O)N1)Nc1cccc(C(F)(F)F)c1. The van der Waals surface area contributed by atoms with Crippen molar-refractivity contribution in [2.75, 3.05) is 5.32 Å². The van der Waals surface area contributed by atoms with Crippen LogP contribution in [-0.2, 0) is 17.4 Å². The summed E-state index contributed by atoms with van der Waals surface area (Å²) in [7, 11) is 0. The Labute approximate surface area is 149 Å². The zero-order valence-electron chi connectivity index (χ0n) is 13.5. The van der Waals surface area contributed by atoms with E-state index in [0.29, 0.717) is 5.69 Å². The van der Waals surface area contributed by atoms with Gasteiger partial charge in [-0.2, -0.15) is 13.2 Å². The molecule has 12 heteroatoms. The number of halogens is 3. The second kappa shape index (κ2) is 6.97. The van der Waals surface area contributed by atoms with Gasteiger partial charge in [0.25, 0.3) is 5.91 Å². The van der Waals surface area contributed by atoms with Gasteiger partial charge in [-0.25, -0.2) is 20.0 Å². The summed E-state index contributed by atoms with van der Waals surface area (Å²) in [5, 5.41) is 4.60. The van der Waals surface area contributed by atoms with Crippen LogP contribution in [0.25, 0.3) is 0 Å². The standard InChI is InChI=1S/C15H13F3N6O3/c16-15(17,18)8-2-1-3-9(4-8)20-13(26)23-22-12(25)11-5-10-6-19-7-24(10)14(27)21-11/h1-4,6-7,11H,5H2,(H,21,27)(H,22,25)(H2,20,23,26)/t11-/m0/s1. The van der Waals surface area contributed by atoms with Gasteiger partial charge in [-0.1, -0.05) is 6.07 Å². The Morgan fingerprint density at radius 1 is 1.26 bits per heavy atom. The quantitative estimate of drug-likeness (QED) is 0.585. The van der Waals surface area contributed by atoms with Crippen LogP contribution in [0.2, 0.25) is 0 Å². The molecule has 0 bridgehead atoms. The van der Waals surface area contributed by atoms with Gasteiger partial charge in [0.1, 0.15) is 12.4 Å². The van der Waals surface area contributed by atoms with Crippen molar-refractivity contribution < 1.29 is 27.6 Å². The van der Waals surface area contributed by atoms with Crippen LogP contribution >= 0.6 is 0 Å². The monoisotopic (exact) mass is 382 g/mol. The predicted octanol–water partition coefficient (Wildman–Crippen LogP) is 1.24. The minimum Gasteiger partial charge on any atom is -0.325 e. The lowest BCUT2D eigenvalue weighted by Crippen LogP contribution is -2.56. The van der Waals surface area contributed by atoms with Gasteiger partial charge in [0.15, 0.2) is 0 Å². The fourth-order valence-corrected chi connectivity index (χ4v) is 2.43. The third kappa shape index (κ3) is 4.16. The third-order valence-corrected chi connectivity index (χ3v) is 3.71. The molecule has 1 aliphatic heterocycles. The Morgan fingerprint density at radius 3 is 2.78 bits per heavy atom. The van der Waals surface area contributed by atoms with E-state index in [9.17, 15) is 27.6 Å². The highest BCUT2D eigenvalue weighted by Crippen LogP contribution is 2.30. The summed E-state index contributed by atoms with van der Waals surface area (Å²) in [6, 6.07) is 1.59. The first-order chi connectivity index (χ1) is 12.7. The van der Waals surface area contributed by atoms with Crippen molar-refractivity contribution >= 4 is 23.7 Å². The van der Waals surface area contributed by atoms with Gasteiger partial charge in [-0.05, 0) is 18.2 Å². The number of hydrogen-bond acceptors (Lipinski definition) is 4. The summed E-state index contributed by atoms with van der Waals surface area (Å²) in [5.41, 5.74) is 3.60. The lowest BCUT2D eigenvalue weighted by atomic mass is 10.1. The minimum atomic E-state index is -4.55. The number of carbonyl (C=O) groups excluding carboxylic acids is 3. The second-order valence-electron chi connectivity index (χ2n) is 5.61. The Morgan fingerprint density at radius 2 is 2.04 bits per heavy atom. The van der Waals surface area contributed by atoms with E-state index in [2.05, 4.69) is 21.0 Å². The molecule has 2 heterocycles. The fraction of sp³-hybridized carbons (Fsp3) is 0.200. The molecule has 1 aromatic carbocycles. The summed E-state index contributed by atoms with van der Waals surface area (Å²) in [4.78, 5) is 39.4. The highest BCUT2D eigenvalue weighted by molar-refractivity contribution is 5.93. The Balaban J connectivity index is 1.54. The van der Waals surface area contributed by atoms with Crippen molar-refractivity contribution in [2.24, 2.45) is 0 Å². The van der Waals surface area contributed by atoms with Crippen LogP contribution in [0.5, 0.6) is 0 Å². The number of nitrogens with zero attached hydrogens (tertiary/aromatic N) is 2. The molecular formula is C15H13F3N6O3.